The van der Waals surface area contributed by atoms with E-state index >= 15 is 0 Å². The van der Waals surface area contributed by atoms with E-state index in [1.807, 2.05) is 43.6 Å². The number of aryl methyl sites for hydroxylation is 1. The highest BCUT2D eigenvalue weighted by Crippen LogP contribution is 2.22. The molecule has 0 radical (unpaired) electrons. The zero-order valence-electron chi connectivity index (χ0n) is 20.2. The number of likely N-dealkylation sites (tertiary alicyclic amines) is 1. The second-order valence-corrected chi connectivity index (χ2v) is 10.1. The van der Waals surface area contributed by atoms with Gasteiger partial charge in [0.25, 0.3) is 0 Å². The molecule has 1 amide bonds. The molecule has 1 saturated heterocycles. The first kappa shape index (κ1) is 24.4. The van der Waals surface area contributed by atoms with Gasteiger partial charge in [-0.3, -0.25) is 9.69 Å². The van der Waals surface area contributed by atoms with E-state index in [1.54, 1.807) is 0 Å². The summed E-state index contributed by atoms with van der Waals surface area (Å²) in [6.07, 6.45) is 5.65. The van der Waals surface area contributed by atoms with E-state index in [1.165, 1.54) is 5.56 Å². The third-order valence-electron chi connectivity index (χ3n) is 6.55. The van der Waals surface area contributed by atoms with Gasteiger partial charge in [-0.25, -0.2) is 4.98 Å². The van der Waals surface area contributed by atoms with E-state index in [0.29, 0.717) is 31.3 Å². The normalized spacial score (nSPS) is 16.2. The molecule has 1 fully saturated rings. The Hall–Kier alpha value is -3.30. The van der Waals surface area contributed by atoms with Crippen LogP contribution in [0.1, 0.15) is 35.7 Å². The average Bonchev–Trinajstić information content (AvgIpc) is 3.52. The second-order valence-electron chi connectivity index (χ2n) is 9.23. The van der Waals surface area contributed by atoms with Crippen molar-refractivity contribution in [3.8, 4) is 11.4 Å². The van der Waals surface area contributed by atoms with Crippen LogP contribution in [0, 0.1) is 12.8 Å². The molecule has 0 saturated carbocycles. The SMILES string of the molecule is Cc1nccn1Cc1ccc(CNC(=O)C2CCCN(Cc3nc(-c4cccc(Br)c4)no3)C2)cc1. The fraction of sp³-hybridized carbons (Fsp3) is 0.333. The molecule has 8 nitrogen and oxygen atoms in total. The minimum atomic E-state index is -0.0466. The van der Waals surface area contributed by atoms with Crippen LogP contribution < -0.4 is 5.32 Å². The number of hydrogen-bond acceptors (Lipinski definition) is 6. The number of halogens is 1. The minimum absolute atomic E-state index is 0.0466. The number of rotatable bonds is 8. The number of aromatic nitrogens is 4. The zero-order chi connectivity index (χ0) is 24.9. The third kappa shape index (κ3) is 6.09. The van der Waals surface area contributed by atoms with E-state index < -0.39 is 0 Å². The number of hydrogen-bond donors (Lipinski definition) is 1. The number of nitrogens with one attached hydrogen (secondary N) is 1. The highest BCUT2D eigenvalue weighted by Gasteiger charge is 2.26. The van der Waals surface area contributed by atoms with E-state index in [2.05, 4.69) is 70.1 Å². The van der Waals surface area contributed by atoms with Crippen LogP contribution in [0.25, 0.3) is 11.4 Å². The third-order valence-corrected chi connectivity index (χ3v) is 7.05. The Kier molecular flexibility index (Phi) is 7.58. The maximum absolute atomic E-state index is 12.9. The van der Waals surface area contributed by atoms with Gasteiger partial charge >= 0.3 is 0 Å². The predicted octanol–water partition coefficient (Wildman–Crippen LogP) is 4.58. The molecular formula is C27H29BrN6O2. The molecule has 1 aliphatic rings. The van der Waals surface area contributed by atoms with E-state index in [0.717, 1.165) is 47.4 Å². The van der Waals surface area contributed by atoms with Crippen LogP contribution in [-0.2, 0) is 24.4 Å². The Morgan fingerprint density at radius 2 is 2.00 bits per heavy atom. The molecule has 5 rings (SSSR count). The maximum atomic E-state index is 12.9. The van der Waals surface area contributed by atoms with Gasteiger partial charge in [-0.15, -0.1) is 0 Å². The Balaban J connectivity index is 1.11. The molecule has 2 aromatic heterocycles. The van der Waals surface area contributed by atoms with Crippen LogP contribution in [-0.4, -0.2) is 43.6 Å². The van der Waals surface area contributed by atoms with Crippen LogP contribution in [0.3, 0.4) is 0 Å². The summed E-state index contributed by atoms with van der Waals surface area (Å²) >= 11 is 3.47. The van der Waals surface area contributed by atoms with Crippen LogP contribution in [0.2, 0.25) is 0 Å². The molecule has 9 heteroatoms. The first-order valence-electron chi connectivity index (χ1n) is 12.2. The van der Waals surface area contributed by atoms with Crippen molar-refractivity contribution in [3.63, 3.8) is 0 Å². The number of carbonyl (C=O) groups excluding carboxylic acids is 1. The number of nitrogens with zero attached hydrogens (tertiary/aromatic N) is 5. The molecule has 0 bridgehead atoms. The van der Waals surface area contributed by atoms with Crippen molar-refractivity contribution >= 4 is 21.8 Å². The standard InChI is InChI=1S/C27H29BrN6O2/c1-19-29-11-13-34(19)16-21-9-7-20(8-10-21)15-30-27(35)23-5-3-12-33(17-23)18-25-31-26(32-36-25)22-4-2-6-24(28)14-22/h2,4,6-11,13-14,23H,3,5,12,15-18H2,1H3,(H,30,35). The minimum Gasteiger partial charge on any atom is -0.352 e. The average molecular weight is 549 g/mol. The quantitative estimate of drug-likeness (QED) is 0.346. The summed E-state index contributed by atoms with van der Waals surface area (Å²) in [5.74, 6) is 2.19. The van der Waals surface area contributed by atoms with Crippen LogP contribution in [0.5, 0.6) is 0 Å². The fourth-order valence-electron chi connectivity index (χ4n) is 4.53. The Bertz CT molecular complexity index is 1320. The number of benzene rings is 2. The lowest BCUT2D eigenvalue weighted by molar-refractivity contribution is -0.127. The van der Waals surface area contributed by atoms with Gasteiger partial charge in [-0.05, 0) is 49.6 Å². The van der Waals surface area contributed by atoms with Crippen molar-refractivity contribution in [1.29, 1.82) is 0 Å². The molecule has 1 aliphatic heterocycles. The number of amides is 1. The van der Waals surface area contributed by atoms with Crippen molar-refractivity contribution in [1.82, 2.24) is 29.9 Å². The van der Waals surface area contributed by atoms with Gasteiger partial charge < -0.3 is 14.4 Å². The number of piperidine rings is 1. The predicted molar refractivity (Wildman–Crippen MR) is 140 cm³/mol. The van der Waals surface area contributed by atoms with Crippen molar-refractivity contribution in [2.75, 3.05) is 13.1 Å². The first-order chi connectivity index (χ1) is 17.5. The molecule has 0 spiro atoms. The van der Waals surface area contributed by atoms with Crippen LogP contribution in [0.15, 0.2) is 69.9 Å². The zero-order valence-corrected chi connectivity index (χ0v) is 21.8. The highest BCUT2D eigenvalue weighted by molar-refractivity contribution is 9.10. The van der Waals surface area contributed by atoms with E-state index in [9.17, 15) is 4.79 Å². The second kappa shape index (κ2) is 11.2. The van der Waals surface area contributed by atoms with Crippen molar-refractivity contribution < 1.29 is 9.32 Å². The van der Waals surface area contributed by atoms with Gasteiger partial charge in [0, 0.05) is 42.1 Å². The lowest BCUT2D eigenvalue weighted by Crippen LogP contribution is -2.42. The summed E-state index contributed by atoms with van der Waals surface area (Å²) in [7, 11) is 0. The highest BCUT2D eigenvalue weighted by atomic mass is 79.9. The topological polar surface area (TPSA) is 89.1 Å². The maximum Gasteiger partial charge on any atom is 0.241 e. The van der Waals surface area contributed by atoms with Crippen molar-refractivity contribution in [2.45, 2.75) is 39.4 Å². The van der Waals surface area contributed by atoms with Crippen molar-refractivity contribution in [2.24, 2.45) is 5.92 Å². The summed E-state index contributed by atoms with van der Waals surface area (Å²) in [5, 5.41) is 7.25. The summed E-state index contributed by atoms with van der Waals surface area (Å²) < 4.78 is 8.57. The van der Waals surface area contributed by atoms with Gasteiger partial charge in [0.2, 0.25) is 17.6 Å². The van der Waals surface area contributed by atoms with Gasteiger partial charge in [-0.1, -0.05) is 57.5 Å². The molecular weight excluding hydrogens is 520 g/mol. The molecule has 1 unspecified atom stereocenters. The largest absolute Gasteiger partial charge is 0.352 e. The smallest absolute Gasteiger partial charge is 0.241 e. The van der Waals surface area contributed by atoms with Gasteiger partial charge in [-0.2, -0.15) is 4.98 Å². The summed E-state index contributed by atoms with van der Waals surface area (Å²) in [5.41, 5.74) is 3.20. The number of carbonyl (C=O) groups is 1. The van der Waals surface area contributed by atoms with Crippen LogP contribution >= 0.6 is 15.9 Å². The number of imidazole rings is 1. The molecule has 0 aliphatic carbocycles. The Labute approximate surface area is 218 Å². The molecule has 1 atom stereocenters. The fourth-order valence-corrected chi connectivity index (χ4v) is 4.93. The van der Waals surface area contributed by atoms with Gasteiger partial charge in [0.1, 0.15) is 5.82 Å². The molecule has 2 aromatic carbocycles. The monoisotopic (exact) mass is 548 g/mol. The molecule has 4 aromatic rings. The molecule has 186 valence electrons. The van der Waals surface area contributed by atoms with E-state index in [4.69, 9.17) is 4.52 Å². The molecule has 36 heavy (non-hydrogen) atoms. The van der Waals surface area contributed by atoms with Gasteiger partial charge in [0.15, 0.2) is 0 Å². The molecule has 3 heterocycles. The summed E-state index contributed by atoms with van der Waals surface area (Å²) in [4.78, 5) is 23.9. The van der Waals surface area contributed by atoms with Crippen molar-refractivity contribution in [3.05, 3.63) is 88.2 Å². The summed E-state index contributed by atoms with van der Waals surface area (Å²) in [6, 6.07) is 16.2. The lowest BCUT2D eigenvalue weighted by Gasteiger charge is -2.30. The first-order valence-corrected chi connectivity index (χ1v) is 13.0. The Morgan fingerprint density at radius 3 is 2.78 bits per heavy atom. The molecule has 1 N–H and O–H groups in total. The van der Waals surface area contributed by atoms with Crippen LogP contribution in [0.4, 0.5) is 0 Å². The van der Waals surface area contributed by atoms with E-state index in [-0.39, 0.29) is 11.8 Å². The van der Waals surface area contributed by atoms with Gasteiger partial charge in [0.05, 0.1) is 12.5 Å². The Morgan fingerprint density at radius 1 is 1.17 bits per heavy atom. The lowest BCUT2D eigenvalue weighted by atomic mass is 9.97. The summed E-state index contributed by atoms with van der Waals surface area (Å²) in [6.45, 7) is 5.46.